The van der Waals surface area contributed by atoms with Crippen LogP contribution in [0.5, 0.6) is 5.75 Å². The number of alkyl halides is 3. The first-order chi connectivity index (χ1) is 16.3. The average Bonchev–Trinajstić information content (AvgIpc) is 2.77. The molecule has 3 aromatic carbocycles. The molecule has 0 aliphatic heterocycles. The number of amides is 1. The van der Waals surface area contributed by atoms with Crippen LogP contribution in [0.3, 0.4) is 0 Å². The van der Waals surface area contributed by atoms with E-state index in [1.54, 1.807) is 0 Å². The molecule has 1 amide bonds. The summed E-state index contributed by atoms with van der Waals surface area (Å²) in [6.45, 7) is 1.52. The molecule has 11 heteroatoms. The lowest BCUT2D eigenvalue weighted by molar-refractivity contribution is -0.140. The normalized spacial score (nSPS) is 11.7. The molecule has 6 nitrogen and oxygen atoms in total. The standard InChI is InChI=1S/C24H22F4N2O4S/c1-16-3-5-17(6-4-16)14-30(35(2,32)33)19-8-10-20(11-9-19)34-15-23(31)29-18-7-12-22(25)21(13-18)24(26,27)28/h3-13H,14-15H2,1-2H3,(H,29,31). The quantitative estimate of drug-likeness (QED) is 0.426. The van der Waals surface area contributed by atoms with Gasteiger partial charge in [0.2, 0.25) is 10.0 Å². The maximum Gasteiger partial charge on any atom is 0.419 e. The van der Waals surface area contributed by atoms with E-state index in [9.17, 15) is 30.8 Å². The van der Waals surface area contributed by atoms with Gasteiger partial charge in [-0.3, -0.25) is 9.10 Å². The van der Waals surface area contributed by atoms with E-state index in [1.807, 2.05) is 31.2 Å². The second kappa shape index (κ2) is 10.3. The number of rotatable bonds is 8. The third-order valence-electron chi connectivity index (χ3n) is 4.90. The highest BCUT2D eigenvalue weighted by Crippen LogP contribution is 2.33. The van der Waals surface area contributed by atoms with Crippen LogP contribution in [0.4, 0.5) is 28.9 Å². The van der Waals surface area contributed by atoms with E-state index >= 15 is 0 Å². The molecule has 0 bridgehead atoms. The number of ether oxygens (including phenoxy) is 1. The van der Waals surface area contributed by atoms with Gasteiger partial charge < -0.3 is 10.1 Å². The van der Waals surface area contributed by atoms with Gasteiger partial charge in [-0.15, -0.1) is 0 Å². The zero-order chi connectivity index (χ0) is 25.8. The third kappa shape index (κ3) is 7.19. The topological polar surface area (TPSA) is 75.7 Å². The largest absolute Gasteiger partial charge is 0.484 e. The van der Waals surface area contributed by atoms with Crippen LogP contribution >= 0.6 is 0 Å². The minimum Gasteiger partial charge on any atom is -0.484 e. The number of nitrogens with zero attached hydrogens (tertiary/aromatic N) is 1. The molecule has 0 aromatic heterocycles. The summed E-state index contributed by atoms with van der Waals surface area (Å²) in [4.78, 5) is 12.1. The Hall–Kier alpha value is -3.60. The Morgan fingerprint density at radius 1 is 1.00 bits per heavy atom. The van der Waals surface area contributed by atoms with Crippen molar-refractivity contribution in [1.29, 1.82) is 0 Å². The van der Waals surface area contributed by atoms with E-state index in [0.717, 1.165) is 23.4 Å². The molecule has 0 heterocycles. The highest BCUT2D eigenvalue weighted by atomic mass is 32.2. The highest BCUT2D eigenvalue weighted by molar-refractivity contribution is 7.92. The smallest absolute Gasteiger partial charge is 0.419 e. The number of hydrogen-bond acceptors (Lipinski definition) is 4. The molecule has 35 heavy (non-hydrogen) atoms. The number of hydrogen-bond donors (Lipinski definition) is 1. The minimum atomic E-state index is -4.90. The molecule has 0 atom stereocenters. The Bertz CT molecular complexity index is 1290. The lowest BCUT2D eigenvalue weighted by Gasteiger charge is -2.23. The Morgan fingerprint density at radius 2 is 1.63 bits per heavy atom. The van der Waals surface area contributed by atoms with Gasteiger partial charge in [0.15, 0.2) is 6.61 Å². The van der Waals surface area contributed by atoms with Gasteiger partial charge in [-0.1, -0.05) is 29.8 Å². The first-order valence-electron chi connectivity index (χ1n) is 10.3. The van der Waals surface area contributed by atoms with E-state index in [-0.39, 0.29) is 18.0 Å². The summed E-state index contributed by atoms with van der Waals surface area (Å²) in [5, 5.41) is 2.21. The van der Waals surface area contributed by atoms with E-state index in [2.05, 4.69) is 5.32 Å². The van der Waals surface area contributed by atoms with Gasteiger partial charge in [-0.2, -0.15) is 13.2 Å². The molecule has 3 aromatic rings. The van der Waals surface area contributed by atoms with Crippen LogP contribution in [0.1, 0.15) is 16.7 Å². The minimum absolute atomic E-state index is 0.124. The van der Waals surface area contributed by atoms with Crippen LogP contribution in [-0.4, -0.2) is 27.2 Å². The van der Waals surface area contributed by atoms with E-state index in [1.165, 1.54) is 28.6 Å². The van der Waals surface area contributed by atoms with Crippen LogP contribution in [0, 0.1) is 12.7 Å². The van der Waals surface area contributed by atoms with Gasteiger partial charge >= 0.3 is 6.18 Å². The Balaban J connectivity index is 1.64. The lowest BCUT2D eigenvalue weighted by atomic mass is 10.1. The number of sulfonamides is 1. The second-order valence-electron chi connectivity index (χ2n) is 7.78. The van der Waals surface area contributed by atoms with Crippen molar-refractivity contribution in [3.8, 4) is 5.75 Å². The summed E-state index contributed by atoms with van der Waals surface area (Å²) in [5.41, 5.74) is 0.504. The first-order valence-corrected chi connectivity index (χ1v) is 12.1. The van der Waals surface area contributed by atoms with E-state index in [0.29, 0.717) is 17.8 Å². The van der Waals surface area contributed by atoms with Gasteiger partial charge in [0.1, 0.15) is 11.6 Å². The zero-order valence-electron chi connectivity index (χ0n) is 18.8. The highest BCUT2D eigenvalue weighted by Gasteiger charge is 2.34. The number of aryl methyl sites for hydroxylation is 1. The second-order valence-corrected chi connectivity index (χ2v) is 9.69. The molecule has 0 unspecified atom stereocenters. The molecule has 1 N–H and O–H groups in total. The summed E-state index contributed by atoms with van der Waals surface area (Å²) in [6.07, 6.45) is -3.81. The summed E-state index contributed by atoms with van der Waals surface area (Å²) < 4.78 is 83.1. The monoisotopic (exact) mass is 510 g/mol. The number of carbonyl (C=O) groups excluding carboxylic acids is 1. The van der Waals surface area contributed by atoms with Gasteiger partial charge in [0, 0.05) is 5.69 Å². The molecule has 0 saturated carbocycles. The maximum atomic E-state index is 13.4. The van der Waals surface area contributed by atoms with Crippen LogP contribution in [0.25, 0.3) is 0 Å². The van der Waals surface area contributed by atoms with Crippen molar-refractivity contribution >= 4 is 27.3 Å². The Morgan fingerprint density at radius 3 is 2.20 bits per heavy atom. The third-order valence-corrected chi connectivity index (χ3v) is 6.04. The fourth-order valence-electron chi connectivity index (χ4n) is 3.13. The summed E-state index contributed by atoms with van der Waals surface area (Å²) in [5.74, 6) is -1.97. The van der Waals surface area contributed by atoms with Gasteiger partial charge in [0.25, 0.3) is 5.91 Å². The fourth-order valence-corrected chi connectivity index (χ4v) is 4.02. The van der Waals surface area contributed by atoms with Crippen LogP contribution < -0.4 is 14.4 Å². The number of halogens is 4. The fraction of sp³-hybridized carbons (Fsp3) is 0.208. The molecule has 0 saturated heterocycles. The number of nitrogens with one attached hydrogen (secondary N) is 1. The van der Waals surface area contributed by atoms with Crippen LogP contribution in [-0.2, 0) is 27.5 Å². The summed E-state index contributed by atoms with van der Waals surface area (Å²) in [7, 11) is -3.59. The zero-order valence-corrected chi connectivity index (χ0v) is 19.6. The molecule has 186 valence electrons. The molecule has 0 fully saturated rings. The Labute approximate surface area is 200 Å². The molecule has 0 aliphatic rings. The summed E-state index contributed by atoms with van der Waals surface area (Å²) in [6, 6.07) is 15.5. The first kappa shape index (κ1) is 26.0. The number of benzene rings is 3. The van der Waals surface area contributed by atoms with Gasteiger partial charge in [0.05, 0.1) is 24.1 Å². The van der Waals surface area contributed by atoms with Crippen molar-refractivity contribution in [1.82, 2.24) is 0 Å². The van der Waals surface area contributed by atoms with Crippen molar-refractivity contribution < 1.29 is 35.5 Å². The molecular weight excluding hydrogens is 488 g/mol. The lowest BCUT2D eigenvalue weighted by Crippen LogP contribution is -2.29. The summed E-state index contributed by atoms with van der Waals surface area (Å²) >= 11 is 0. The van der Waals surface area contributed by atoms with Crippen molar-refractivity contribution in [3.63, 3.8) is 0 Å². The maximum absolute atomic E-state index is 13.4. The van der Waals surface area contributed by atoms with Crippen molar-refractivity contribution in [2.24, 2.45) is 0 Å². The molecular formula is C24H22F4N2O4S. The van der Waals surface area contributed by atoms with Crippen LogP contribution in [0.2, 0.25) is 0 Å². The van der Waals surface area contributed by atoms with E-state index in [4.69, 9.17) is 4.74 Å². The number of anilines is 2. The van der Waals surface area contributed by atoms with E-state index < -0.39 is 40.1 Å². The van der Waals surface area contributed by atoms with Gasteiger partial charge in [-0.25, -0.2) is 12.8 Å². The Kier molecular flexibility index (Phi) is 7.69. The van der Waals surface area contributed by atoms with Crippen molar-refractivity contribution in [2.75, 3.05) is 22.5 Å². The predicted octanol–water partition coefficient (Wildman–Crippen LogP) is 5.14. The number of carbonyl (C=O) groups is 1. The predicted molar refractivity (Wildman–Crippen MR) is 124 cm³/mol. The van der Waals surface area contributed by atoms with Crippen LogP contribution in [0.15, 0.2) is 66.7 Å². The molecule has 0 aliphatic carbocycles. The van der Waals surface area contributed by atoms with Crippen molar-refractivity contribution in [3.05, 3.63) is 89.2 Å². The molecule has 3 rings (SSSR count). The molecule has 0 radical (unpaired) electrons. The molecule has 0 spiro atoms. The average molecular weight is 511 g/mol. The SMILES string of the molecule is Cc1ccc(CN(c2ccc(OCC(=O)Nc3ccc(F)c(C(F)(F)F)c3)cc2)S(C)(=O)=O)cc1. The van der Waals surface area contributed by atoms with Gasteiger partial charge in [-0.05, 0) is 55.0 Å². The van der Waals surface area contributed by atoms with Crippen molar-refractivity contribution in [2.45, 2.75) is 19.6 Å².